The molecule has 0 spiro atoms. The van der Waals surface area contributed by atoms with E-state index in [2.05, 4.69) is 29.2 Å². The molecule has 1 aliphatic heterocycles. The molecule has 3 nitrogen and oxygen atoms in total. The van der Waals surface area contributed by atoms with Gasteiger partial charge < -0.3 is 9.64 Å². The molecule has 4 saturated carbocycles. The van der Waals surface area contributed by atoms with Crippen LogP contribution in [0.5, 0.6) is 5.75 Å². The van der Waals surface area contributed by atoms with Crippen LogP contribution in [0.2, 0.25) is 0 Å². The van der Waals surface area contributed by atoms with Gasteiger partial charge >= 0.3 is 0 Å². The summed E-state index contributed by atoms with van der Waals surface area (Å²) in [6.45, 7) is 1.98. The average Bonchev–Trinajstić information content (AvgIpc) is 3.14. The molecular formula is C22H29NO2. The fourth-order valence-corrected chi connectivity index (χ4v) is 7.05. The van der Waals surface area contributed by atoms with E-state index in [9.17, 15) is 4.79 Å². The van der Waals surface area contributed by atoms with Gasteiger partial charge in [0.05, 0.1) is 12.5 Å². The first kappa shape index (κ1) is 15.7. The Morgan fingerprint density at radius 3 is 2.28 bits per heavy atom. The first-order valence-corrected chi connectivity index (χ1v) is 10.1. The normalized spacial score (nSPS) is 39.0. The maximum absolute atomic E-state index is 13.5. The number of amides is 1. The number of nitrogens with zero attached hydrogens (tertiary/aromatic N) is 1. The fourth-order valence-electron chi connectivity index (χ4n) is 7.05. The molecule has 5 fully saturated rings. The lowest BCUT2D eigenvalue weighted by Gasteiger charge is -2.62. The Hall–Kier alpha value is -1.51. The molecule has 4 bridgehead atoms. The van der Waals surface area contributed by atoms with Crippen molar-refractivity contribution in [3.8, 4) is 5.75 Å². The van der Waals surface area contributed by atoms with Crippen LogP contribution in [0.1, 0.15) is 56.9 Å². The smallest absolute Gasteiger partial charge is 0.228 e. The molecule has 0 aromatic heterocycles. The van der Waals surface area contributed by atoms with Gasteiger partial charge in [-0.3, -0.25) is 4.79 Å². The van der Waals surface area contributed by atoms with Crippen molar-refractivity contribution in [2.24, 2.45) is 17.3 Å². The maximum atomic E-state index is 13.5. The third kappa shape index (κ3) is 2.34. The number of hydrogen-bond acceptors (Lipinski definition) is 2. The van der Waals surface area contributed by atoms with Gasteiger partial charge in [0.1, 0.15) is 5.75 Å². The number of carbonyl (C=O) groups is 1. The second kappa shape index (κ2) is 5.49. The van der Waals surface area contributed by atoms with E-state index in [4.69, 9.17) is 4.74 Å². The molecule has 25 heavy (non-hydrogen) atoms. The molecule has 0 radical (unpaired) electrons. The SMILES string of the molecule is COc1ccc(C23C[C@H]4C[C@@H](CC(C(=O)N5CCCC5)(C4)C2)C3)cc1. The zero-order valence-corrected chi connectivity index (χ0v) is 15.3. The van der Waals surface area contributed by atoms with Crippen molar-refractivity contribution in [1.82, 2.24) is 4.90 Å². The summed E-state index contributed by atoms with van der Waals surface area (Å²) in [7, 11) is 1.73. The molecule has 2 atom stereocenters. The van der Waals surface area contributed by atoms with Crippen molar-refractivity contribution >= 4 is 5.91 Å². The highest BCUT2D eigenvalue weighted by Crippen LogP contribution is 2.66. The van der Waals surface area contributed by atoms with Gasteiger partial charge in [-0.2, -0.15) is 0 Å². The van der Waals surface area contributed by atoms with Gasteiger partial charge in [-0.25, -0.2) is 0 Å². The van der Waals surface area contributed by atoms with Crippen LogP contribution in [0.4, 0.5) is 0 Å². The zero-order valence-electron chi connectivity index (χ0n) is 15.3. The molecule has 0 unspecified atom stereocenters. The van der Waals surface area contributed by atoms with Crippen molar-refractivity contribution in [1.29, 1.82) is 0 Å². The van der Waals surface area contributed by atoms with Gasteiger partial charge in [0.25, 0.3) is 0 Å². The highest BCUT2D eigenvalue weighted by atomic mass is 16.5. The van der Waals surface area contributed by atoms with Crippen molar-refractivity contribution < 1.29 is 9.53 Å². The molecule has 6 rings (SSSR count). The van der Waals surface area contributed by atoms with Gasteiger partial charge in [0, 0.05) is 13.1 Å². The summed E-state index contributed by atoms with van der Waals surface area (Å²) < 4.78 is 5.35. The molecule has 0 N–H and O–H groups in total. The summed E-state index contributed by atoms with van der Waals surface area (Å²) in [5.74, 6) is 2.91. The average molecular weight is 339 g/mol. The summed E-state index contributed by atoms with van der Waals surface area (Å²) in [4.78, 5) is 15.7. The van der Waals surface area contributed by atoms with E-state index in [1.165, 1.54) is 37.7 Å². The van der Waals surface area contributed by atoms with Crippen LogP contribution in [0.15, 0.2) is 24.3 Å². The van der Waals surface area contributed by atoms with Crippen molar-refractivity contribution in [2.45, 2.75) is 56.8 Å². The van der Waals surface area contributed by atoms with Gasteiger partial charge in [-0.1, -0.05) is 12.1 Å². The summed E-state index contributed by atoms with van der Waals surface area (Å²) in [6, 6.07) is 8.73. The van der Waals surface area contributed by atoms with E-state index < -0.39 is 0 Å². The summed E-state index contributed by atoms with van der Waals surface area (Å²) in [5, 5.41) is 0. The third-order valence-corrected chi connectivity index (χ3v) is 7.61. The van der Waals surface area contributed by atoms with Crippen molar-refractivity contribution in [3.63, 3.8) is 0 Å². The number of rotatable bonds is 3. The van der Waals surface area contributed by atoms with Crippen LogP contribution in [-0.4, -0.2) is 31.0 Å². The van der Waals surface area contributed by atoms with E-state index in [1.807, 2.05) is 0 Å². The first-order chi connectivity index (χ1) is 12.1. The molecular weight excluding hydrogens is 310 g/mol. The Labute approximate surface area is 150 Å². The Morgan fingerprint density at radius 1 is 1.04 bits per heavy atom. The minimum absolute atomic E-state index is 0.0612. The topological polar surface area (TPSA) is 29.5 Å². The van der Waals surface area contributed by atoms with E-state index in [0.717, 1.165) is 49.9 Å². The van der Waals surface area contributed by atoms with E-state index in [0.29, 0.717) is 5.91 Å². The molecule has 3 heteroatoms. The van der Waals surface area contributed by atoms with Crippen LogP contribution in [0.3, 0.4) is 0 Å². The highest BCUT2D eigenvalue weighted by molar-refractivity contribution is 5.84. The van der Waals surface area contributed by atoms with Crippen LogP contribution in [0, 0.1) is 17.3 Å². The zero-order chi connectivity index (χ0) is 17.1. The highest BCUT2D eigenvalue weighted by Gasteiger charge is 2.61. The van der Waals surface area contributed by atoms with E-state index in [1.54, 1.807) is 7.11 Å². The number of carbonyl (C=O) groups excluding carboxylic acids is 1. The Balaban J connectivity index is 1.50. The van der Waals surface area contributed by atoms with Crippen molar-refractivity contribution in [3.05, 3.63) is 29.8 Å². The summed E-state index contributed by atoms with van der Waals surface area (Å²) >= 11 is 0. The molecule has 1 heterocycles. The van der Waals surface area contributed by atoms with E-state index in [-0.39, 0.29) is 10.8 Å². The molecule has 1 amide bonds. The summed E-state index contributed by atoms with van der Waals surface area (Å²) in [6.07, 6.45) is 9.68. The van der Waals surface area contributed by atoms with Gasteiger partial charge in [0.2, 0.25) is 5.91 Å². The number of ether oxygens (including phenoxy) is 1. The third-order valence-electron chi connectivity index (χ3n) is 7.61. The second-order valence-corrected chi connectivity index (χ2v) is 9.25. The van der Waals surface area contributed by atoms with Gasteiger partial charge in [-0.05, 0) is 86.3 Å². The molecule has 1 aromatic rings. The predicted molar refractivity (Wildman–Crippen MR) is 97.6 cm³/mol. The lowest BCUT2D eigenvalue weighted by molar-refractivity contribution is -0.159. The maximum Gasteiger partial charge on any atom is 0.228 e. The van der Waals surface area contributed by atoms with Gasteiger partial charge in [-0.15, -0.1) is 0 Å². The molecule has 5 aliphatic rings. The monoisotopic (exact) mass is 339 g/mol. The van der Waals surface area contributed by atoms with Crippen molar-refractivity contribution in [2.75, 3.05) is 20.2 Å². The number of methoxy groups -OCH3 is 1. The Bertz CT molecular complexity index is 660. The summed E-state index contributed by atoms with van der Waals surface area (Å²) in [5.41, 5.74) is 1.61. The van der Waals surface area contributed by atoms with Crippen LogP contribution in [-0.2, 0) is 10.2 Å². The Kier molecular flexibility index (Phi) is 3.45. The minimum Gasteiger partial charge on any atom is -0.497 e. The second-order valence-electron chi connectivity index (χ2n) is 9.25. The lowest BCUT2D eigenvalue weighted by atomic mass is 9.42. The number of likely N-dealkylation sites (tertiary alicyclic amines) is 1. The van der Waals surface area contributed by atoms with E-state index >= 15 is 0 Å². The fraction of sp³-hybridized carbons (Fsp3) is 0.682. The quantitative estimate of drug-likeness (QED) is 0.828. The minimum atomic E-state index is -0.0612. The number of benzene rings is 1. The molecule has 1 aromatic carbocycles. The van der Waals surface area contributed by atoms with Crippen LogP contribution >= 0.6 is 0 Å². The predicted octanol–water partition coefficient (Wildman–Crippen LogP) is 4.16. The molecule has 4 aliphatic carbocycles. The molecule has 134 valence electrons. The standard InChI is InChI=1S/C22H29NO2/c1-25-19-6-4-18(5-7-19)21-11-16-10-17(12-21)14-22(13-16,15-21)20(24)23-8-2-3-9-23/h4-7,16-17H,2-3,8-15H2,1H3/t16-,17-,21?,22?/m1/s1. The van der Waals surface area contributed by atoms with Crippen LogP contribution < -0.4 is 4.74 Å². The first-order valence-electron chi connectivity index (χ1n) is 10.1. The number of hydrogen-bond donors (Lipinski definition) is 0. The Morgan fingerprint density at radius 2 is 1.68 bits per heavy atom. The largest absolute Gasteiger partial charge is 0.497 e. The lowest BCUT2D eigenvalue weighted by Crippen LogP contribution is -2.59. The molecule has 1 saturated heterocycles. The van der Waals surface area contributed by atoms with Gasteiger partial charge in [0.15, 0.2) is 0 Å². The van der Waals surface area contributed by atoms with Crippen LogP contribution in [0.25, 0.3) is 0 Å².